The van der Waals surface area contributed by atoms with Crippen LogP contribution in [0.1, 0.15) is 39.5 Å². The number of primary amides is 1. The van der Waals surface area contributed by atoms with Crippen LogP contribution >= 0.6 is 0 Å². The Balaban J connectivity index is 5.11. The van der Waals surface area contributed by atoms with Gasteiger partial charge in [0, 0.05) is 6.42 Å². The molecular weight excluding hydrogens is 348 g/mol. The molecule has 11 nitrogen and oxygen atoms in total. The van der Waals surface area contributed by atoms with Crippen molar-refractivity contribution in [3.8, 4) is 0 Å². The second kappa shape index (κ2) is 11.0. The van der Waals surface area contributed by atoms with Gasteiger partial charge in [0.05, 0.1) is 12.5 Å². The minimum Gasteiger partial charge on any atom is -0.481 e. The van der Waals surface area contributed by atoms with Crippen molar-refractivity contribution < 1.29 is 34.2 Å². The molecule has 3 amide bonds. The highest BCUT2D eigenvalue weighted by Gasteiger charge is 2.29. The molecule has 148 valence electrons. The smallest absolute Gasteiger partial charge is 0.326 e. The predicted octanol–water partition coefficient (Wildman–Crippen LogP) is -1.85. The molecule has 0 aliphatic rings. The molecule has 0 aromatic heterocycles. The van der Waals surface area contributed by atoms with Crippen LogP contribution in [0.15, 0.2) is 0 Å². The summed E-state index contributed by atoms with van der Waals surface area (Å²) in [6.45, 7) is 3.70. The average molecular weight is 374 g/mol. The molecule has 0 aliphatic carbocycles. The van der Waals surface area contributed by atoms with Gasteiger partial charge in [0.25, 0.3) is 0 Å². The second-order valence-electron chi connectivity index (χ2n) is 6.30. The summed E-state index contributed by atoms with van der Waals surface area (Å²) in [5, 5.41) is 22.2. The fourth-order valence-electron chi connectivity index (χ4n) is 2.10. The summed E-state index contributed by atoms with van der Waals surface area (Å²) in [6.07, 6.45) is -1.01. The molecule has 0 heterocycles. The molecule has 0 aromatic carbocycles. The van der Waals surface area contributed by atoms with Gasteiger partial charge in [-0.25, -0.2) is 4.79 Å². The van der Waals surface area contributed by atoms with Crippen LogP contribution in [0.5, 0.6) is 0 Å². The Morgan fingerprint density at radius 3 is 1.92 bits per heavy atom. The molecule has 0 saturated carbocycles. The van der Waals surface area contributed by atoms with E-state index in [1.807, 2.05) is 13.8 Å². The first-order valence-electron chi connectivity index (χ1n) is 8.03. The van der Waals surface area contributed by atoms with Crippen molar-refractivity contribution in [3.63, 3.8) is 0 Å². The SMILES string of the molecule is CC(C)C[C@H](N)C(=O)N[C@@H](CCC(=O)O)C(=O)N[C@@H](CC(N)=O)C(=O)O. The van der Waals surface area contributed by atoms with Crippen molar-refractivity contribution >= 4 is 29.7 Å². The quantitative estimate of drug-likeness (QED) is 0.228. The molecule has 0 saturated heterocycles. The number of hydrogen-bond acceptors (Lipinski definition) is 6. The first-order chi connectivity index (χ1) is 11.9. The van der Waals surface area contributed by atoms with Crippen LogP contribution in [-0.2, 0) is 24.0 Å². The number of nitrogens with one attached hydrogen (secondary N) is 2. The van der Waals surface area contributed by atoms with Crippen LogP contribution in [0, 0.1) is 5.92 Å². The van der Waals surface area contributed by atoms with E-state index in [-0.39, 0.29) is 12.3 Å². The molecule has 0 unspecified atom stereocenters. The number of carbonyl (C=O) groups is 5. The Morgan fingerprint density at radius 2 is 1.50 bits per heavy atom. The fraction of sp³-hybridized carbons (Fsp3) is 0.667. The van der Waals surface area contributed by atoms with Gasteiger partial charge < -0.3 is 32.3 Å². The molecule has 0 bridgehead atoms. The van der Waals surface area contributed by atoms with Crippen LogP contribution in [-0.4, -0.2) is 58.0 Å². The minimum absolute atomic E-state index is 0.119. The van der Waals surface area contributed by atoms with E-state index < -0.39 is 60.6 Å². The van der Waals surface area contributed by atoms with Gasteiger partial charge in [0.2, 0.25) is 17.7 Å². The van der Waals surface area contributed by atoms with Gasteiger partial charge in [-0.15, -0.1) is 0 Å². The molecule has 11 heteroatoms. The van der Waals surface area contributed by atoms with Gasteiger partial charge in [-0.1, -0.05) is 13.8 Å². The highest BCUT2D eigenvalue weighted by atomic mass is 16.4. The lowest BCUT2D eigenvalue weighted by molar-refractivity contribution is -0.144. The first-order valence-corrected chi connectivity index (χ1v) is 8.03. The van der Waals surface area contributed by atoms with Gasteiger partial charge in [0.15, 0.2) is 0 Å². The zero-order valence-electron chi connectivity index (χ0n) is 14.7. The summed E-state index contributed by atoms with van der Waals surface area (Å²) >= 11 is 0. The van der Waals surface area contributed by atoms with E-state index in [2.05, 4.69) is 10.6 Å². The van der Waals surface area contributed by atoms with Crippen LogP contribution in [0.25, 0.3) is 0 Å². The van der Waals surface area contributed by atoms with Crippen molar-refractivity contribution in [1.82, 2.24) is 10.6 Å². The van der Waals surface area contributed by atoms with E-state index >= 15 is 0 Å². The van der Waals surface area contributed by atoms with Crippen molar-refractivity contribution in [2.75, 3.05) is 0 Å². The Morgan fingerprint density at radius 1 is 0.962 bits per heavy atom. The van der Waals surface area contributed by atoms with E-state index in [1.54, 1.807) is 0 Å². The van der Waals surface area contributed by atoms with Crippen molar-refractivity contribution in [2.45, 2.75) is 57.7 Å². The van der Waals surface area contributed by atoms with Crippen molar-refractivity contribution in [3.05, 3.63) is 0 Å². The largest absolute Gasteiger partial charge is 0.481 e. The van der Waals surface area contributed by atoms with E-state index in [4.69, 9.17) is 21.7 Å². The lowest BCUT2D eigenvalue weighted by Gasteiger charge is -2.22. The first kappa shape index (κ1) is 23.3. The van der Waals surface area contributed by atoms with Gasteiger partial charge in [-0.3, -0.25) is 19.2 Å². The van der Waals surface area contributed by atoms with Gasteiger partial charge in [0.1, 0.15) is 12.1 Å². The number of carbonyl (C=O) groups excluding carboxylic acids is 3. The van der Waals surface area contributed by atoms with E-state index in [0.29, 0.717) is 6.42 Å². The molecule has 8 N–H and O–H groups in total. The lowest BCUT2D eigenvalue weighted by Crippen LogP contribution is -2.55. The summed E-state index contributed by atoms with van der Waals surface area (Å²) in [4.78, 5) is 57.1. The molecule has 0 aliphatic heterocycles. The molecule has 26 heavy (non-hydrogen) atoms. The van der Waals surface area contributed by atoms with E-state index in [1.165, 1.54) is 0 Å². The second-order valence-corrected chi connectivity index (χ2v) is 6.30. The highest BCUT2D eigenvalue weighted by molar-refractivity contribution is 5.93. The molecule has 0 rings (SSSR count). The van der Waals surface area contributed by atoms with E-state index in [0.717, 1.165) is 0 Å². The molecule has 3 atom stereocenters. The third kappa shape index (κ3) is 9.57. The number of carboxylic acid groups (broad SMARTS) is 2. The Kier molecular flexibility index (Phi) is 9.89. The summed E-state index contributed by atoms with van der Waals surface area (Å²) < 4.78 is 0. The molecular formula is C15H26N4O7. The van der Waals surface area contributed by atoms with E-state index in [9.17, 15) is 24.0 Å². The molecule has 0 fully saturated rings. The zero-order chi connectivity index (χ0) is 20.4. The monoisotopic (exact) mass is 374 g/mol. The lowest BCUT2D eigenvalue weighted by atomic mass is 10.0. The number of hydrogen-bond donors (Lipinski definition) is 6. The van der Waals surface area contributed by atoms with Crippen LogP contribution < -0.4 is 22.1 Å². The average Bonchev–Trinajstić information content (AvgIpc) is 2.48. The maximum Gasteiger partial charge on any atom is 0.326 e. The topological polar surface area (TPSA) is 202 Å². The van der Waals surface area contributed by atoms with Crippen LogP contribution in [0.4, 0.5) is 0 Å². The van der Waals surface area contributed by atoms with Crippen molar-refractivity contribution in [2.24, 2.45) is 17.4 Å². The standard InChI is InChI=1S/C15H26N4O7/c1-7(2)5-8(16)13(23)18-9(3-4-12(21)22)14(24)19-10(15(25)26)6-11(17)20/h7-10H,3-6,16H2,1-2H3,(H2,17,20)(H,18,23)(H,19,24)(H,21,22)(H,25,26)/t8-,9-,10-/m0/s1. The van der Waals surface area contributed by atoms with Crippen LogP contribution in [0.3, 0.4) is 0 Å². The highest BCUT2D eigenvalue weighted by Crippen LogP contribution is 2.05. The zero-order valence-corrected chi connectivity index (χ0v) is 14.7. The number of aliphatic carboxylic acids is 2. The van der Waals surface area contributed by atoms with Gasteiger partial charge >= 0.3 is 11.9 Å². The number of amides is 3. The molecule has 0 radical (unpaired) electrons. The maximum absolute atomic E-state index is 12.3. The van der Waals surface area contributed by atoms with Gasteiger partial charge in [-0.2, -0.15) is 0 Å². The summed E-state index contributed by atoms with van der Waals surface area (Å²) in [5.41, 5.74) is 10.7. The third-order valence-corrected chi connectivity index (χ3v) is 3.36. The summed E-state index contributed by atoms with van der Waals surface area (Å²) in [5.74, 6) is -5.11. The fourth-order valence-corrected chi connectivity index (χ4v) is 2.10. The van der Waals surface area contributed by atoms with Gasteiger partial charge in [-0.05, 0) is 18.8 Å². The Labute approximate surface area is 150 Å². The summed E-state index contributed by atoms with van der Waals surface area (Å²) in [6, 6.07) is -3.81. The molecule has 0 spiro atoms. The van der Waals surface area contributed by atoms with Crippen molar-refractivity contribution in [1.29, 1.82) is 0 Å². The number of carboxylic acids is 2. The van der Waals surface area contributed by atoms with Crippen LogP contribution in [0.2, 0.25) is 0 Å². The summed E-state index contributed by atoms with van der Waals surface area (Å²) in [7, 11) is 0. The number of nitrogens with two attached hydrogens (primary N) is 2. The normalized spacial score (nSPS) is 14.2. The third-order valence-electron chi connectivity index (χ3n) is 3.36. The minimum atomic E-state index is -1.59. The Hall–Kier alpha value is -2.69. The number of rotatable bonds is 12. The predicted molar refractivity (Wildman–Crippen MR) is 89.6 cm³/mol. The Bertz CT molecular complexity index is 550. The maximum atomic E-state index is 12.3. The molecule has 0 aromatic rings.